The van der Waals surface area contributed by atoms with Gasteiger partial charge in [0.05, 0.1) is 27.9 Å². The van der Waals surface area contributed by atoms with Gasteiger partial charge in [-0.25, -0.2) is 4.98 Å². The highest BCUT2D eigenvalue weighted by Gasteiger charge is 2.19. The molecule has 1 aliphatic carbocycles. The molecule has 0 bridgehead atoms. The summed E-state index contributed by atoms with van der Waals surface area (Å²) in [6, 6.07) is 67.9. The van der Waals surface area contributed by atoms with E-state index in [9.17, 15) is 0 Å². The van der Waals surface area contributed by atoms with Crippen LogP contribution in [0.1, 0.15) is 17.7 Å². The van der Waals surface area contributed by atoms with Gasteiger partial charge in [0.15, 0.2) is 0 Å². The summed E-state index contributed by atoms with van der Waals surface area (Å²) in [6.07, 6.45) is 6.67. The van der Waals surface area contributed by atoms with Crippen molar-refractivity contribution in [2.45, 2.75) is 12.8 Å². The van der Waals surface area contributed by atoms with Gasteiger partial charge < -0.3 is 9.13 Å². The van der Waals surface area contributed by atoms with E-state index < -0.39 is 0 Å². The first kappa shape index (κ1) is 32.2. The average Bonchev–Trinajstić information content (AvgIpc) is 3.80. The van der Waals surface area contributed by atoms with Crippen LogP contribution in [0.15, 0.2) is 194 Å². The van der Waals surface area contributed by atoms with E-state index in [1.54, 1.807) is 0 Å². The fraction of sp³-hybridized carbons (Fsp3) is 0.0377. The van der Waals surface area contributed by atoms with Crippen LogP contribution < -0.4 is 0 Å². The first-order valence-electron chi connectivity index (χ1n) is 19.4. The molecule has 0 amide bonds. The van der Waals surface area contributed by atoms with Gasteiger partial charge >= 0.3 is 0 Å². The van der Waals surface area contributed by atoms with Crippen molar-refractivity contribution in [3.05, 3.63) is 205 Å². The summed E-state index contributed by atoms with van der Waals surface area (Å²) in [7, 11) is 0. The zero-order valence-electron chi connectivity index (χ0n) is 30.8. The van der Waals surface area contributed by atoms with Crippen molar-refractivity contribution in [3.8, 4) is 56.1 Å². The van der Waals surface area contributed by atoms with Crippen LogP contribution in [-0.4, -0.2) is 14.1 Å². The summed E-state index contributed by atoms with van der Waals surface area (Å²) in [5.41, 5.74) is 17.3. The van der Waals surface area contributed by atoms with Crippen LogP contribution in [-0.2, 0) is 6.42 Å². The molecular formula is C53H37N3. The maximum Gasteiger partial charge on any atom is 0.0716 e. The molecule has 0 saturated heterocycles. The molecule has 3 heteroatoms. The van der Waals surface area contributed by atoms with Crippen molar-refractivity contribution in [3.63, 3.8) is 0 Å². The number of allylic oxidation sites excluding steroid dienone is 1. The fourth-order valence-electron chi connectivity index (χ4n) is 8.75. The second kappa shape index (κ2) is 13.3. The number of nitrogens with zero attached hydrogens (tertiary/aromatic N) is 3. The Morgan fingerprint density at radius 3 is 1.48 bits per heavy atom. The summed E-state index contributed by atoms with van der Waals surface area (Å²) < 4.78 is 4.84. The minimum absolute atomic E-state index is 0.937. The van der Waals surface area contributed by atoms with E-state index in [1.807, 2.05) is 0 Å². The Hall–Kier alpha value is -7.23. The van der Waals surface area contributed by atoms with E-state index in [4.69, 9.17) is 4.98 Å². The van der Waals surface area contributed by atoms with Crippen molar-refractivity contribution in [1.82, 2.24) is 14.1 Å². The fourth-order valence-corrected chi connectivity index (χ4v) is 8.75. The molecule has 11 rings (SSSR count). The van der Waals surface area contributed by atoms with Gasteiger partial charge in [-0.05, 0) is 89.7 Å². The number of aromatic nitrogens is 3. The number of benzene rings is 7. The predicted octanol–water partition coefficient (Wildman–Crippen LogP) is 13.7. The Morgan fingerprint density at radius 2 is 0.857 bits per heavy atom. The summed E-state index contributed by atoms with van der Waals surface area (Å²) in [6.45, 7) is 0. The molecule has 0 fully saturated rings. The molecule has 3 nitrogen and oxygen atoms in total. The van der Waals surface area contributed by atoms with Crippen molar-refractivity contribution in [2.24, 2.45) is 0 Å². The van der Waals surface area contributed by atoms with Crippen LogP contribution >= 0.6 is 0 Å². The largest absolute Gasteiger partial charge is 0.313 e. The first-order valence-corrected chi connectivity index (χ1v) is 19.4. The van der Waals surface area contributed by atoms with Gasteiger partial charge in [0.2, 0.25) is 0 Å². The second-order valence-electron chi connectivity index (χ2n) is 14.7. The van der Waals surface area contributed by atoms with Crippen molar-refractivity contribution < 1.29 is 0 Å². The van der Waals surface area contributed by atoms with Crippen molar-refractivity contribution in [1.29, 1.82) is 0 Å². The van der Waals surface area contributed by atoms with Crippen LogP contribution in [0.25, 0.3) is 94.9 Å². The second-order valence-corrected chi connectivity index (χ2v) is 14.7. The average molecular weight is 716 g/mol. The van der Waals surface area contributed by atoms with Crippen LogP contribution in [0.5, 0.6) is 0 Å². The third-order valence-electron chi connectivity index (χ3n) is 11.4. The number of hydrogen-bond donors (Lipinski definition) is 0. The van der Waals surface area contributed by atoms with E-state index >= 15 is 0 Å². The quantitative estimate of drug-likeness (QED) is 0.168. The Bertz CT molecular complexity index is 3070. The molecule has 0 spiro atoms. The van der Waals surface area contributed by atoms with Crippen LogP contribution in [0.3, 0.4) is 0 Å². The van der Waals surface area contributed by atoms with Crippen molar-refractivity contribution >= 4 is 38.8 Å². The Labute approximate surface area is 326 Å². The molecule has 56 heavy (non-hydrogen) atoms. The van der Waals surface area contributed by atoms with E-state index in [0.717, 1.165) is 57.9 Å². The van der Waals surface area contributed by atoms with Crippen LogP contribution in [0.2, 0.25) is 0 Å². The standard InChI is InChI=1S/C53H37N3/c1-2-14-36(15-3-1)37-28-30-38(31-29-37)41-34-48(39-16-12-18-42(32-39)55-50-24-8-4-20-44(50)45-21-5-9-25-51(45)55)54-49(35-41)40-17-13-19-43(33-40)56-52-26-10-6-22-46(52)47-23-7-11-27-53(47)56/h1-10,12-26,28-35H,11,27H2. The zero-order chi connectivity index (χ0) is 37.0. The highest BCUT2D eigenvalue weighted by molar-refractivity contribution is 6.09. The highest BCUT2D eigenvalue weighted by Crippen LogP contribution is 2.38. The SMILES string of the molecule is C1=Cc2c(n(-c3cccc(-c4cc(-c5ccc(-c6ccccc6)cc5)cc(-c5cccc(-n6c7ccccc7c7ccccc76)c5)n4)c3)c3ccccc23)CC1. The molecular weight excluding hydrogens is 679 g/mol. The van der Waals surface area contributed by atoms with Gasteiger partial charge in [-0.3, -0.25) is 0 Å². The van der Waals surface area contributed by atoms with E-state index in [0.29, 0.717) is 0 Å². The Kier molecular flexibility index (Phi) is 7.63. The molecule has 1 aliphatic rings. The maximum absolute atomic E-state index is 5.45. The minimum Gasteiger partial charge on any atom is -0.313 e. The van der Waals surface area contributed by atoms with Gasteiger partial charge in [0.25, 0.3) is 0 Å². The number of hydrogen-bond acceptors (Lipinski definition) is 1. The third kappa shape index (κ3) is 5.39. The Morgan fingerprint density at radius 1 is 0.375 bits per heavy atom. The van der Waals surface area contributed by atoms with Crippen LogP contribution in [0, 0.1) is 0 Å². The van der Waals surface area contributed by atoms with E-state index in [-0.39, 0.29) is 0 Å². The molecule has 0 unspecified atom stereocenters. The molecule has 3 heterocycles. The molecule has 7 aromatic carbocycles. The van der Waals surface area contributed by atoms with Gasteiger partial charge in [0, 0.05) is 49.9 Å². The van der Waals surface area contributed by atoms with E-state index in [2.05, 4.69) is 209 Å². The van der Waals surface area contributed by atoms with Gasteiger partial charge in [-0.15, -0.1) is 0 Å². The molecule has 3 aromatic heterocycles. The summed E-state index contributed by atoms with van der Waals surface area (Å²) in [5, 5.41) is 3.80. The lowest BCUT2D eigenvalue weighted by Gasteiger charge is -2.16. The highest BCUT2D eigenvalue weighted by atomic mass is 15.0. The normalized spacial score (nSPS) is 12.4. The smallest absolute Gasteiger partial charge is 0.0716 e. The summed E-state index contributed by atoms with van der Waals surface area (Å²) in [4.78, 5) is 5.45. The number of fused-ring (bicyclic) bond motifs is 6. The molecule has 0 N–H and O–H groups in total. The molecule has 0 saturated carbocycles. The number of pyridine rings is 1. The summed E-state index contributed by atoms with van der Waals surface area (Å²) in [5.74, 6) is 0. The Balaban J connectivity index is 1.08. The lowest BCUT2D eigenvalue weighted by Crippen LogP contribution is -2.03. The topological polar surface area (TPSA) is 22.8 Å². The molecule has 0 radical (unpaired) electrons. The molecule has 264 valence electrons. The van der Waals surface area contributed by atoms with Gasteiger partial charge in [0.1, 0.15) is 0 Å². The lowest BCUT2D eigenvalue weighted by molar-refractivity contribution is 0.888. The molecule has 0 atom stereocenters. The molecule has 10 aromatic rings. The minimum atomic E-state index is 0.937. The predicted molar refractivity (Wildman–Crippen MR) is 235 cm³/mol. The van der Waals surface area contributed by atoms with Crippen LogP contribution in [0.4, 0.5) is 0 Å². The summed E-state index contributed by atoms with van der Waals surface area (Å²) >= 11 is 0. The van der Waals surface area contributed by atoms with Gasteiger partial charge in [-0.1, -0.05) is 146 Å². The lowest BCUT2D eigenvalue weighted by atomic mass is 9.97. The maximum atomic E-state index is 5.45. The zero-order valence-corrected chi connectivity index (χ0v) is 30.8. The third-order valence-corrected chi connectivity index (χ3v) is 11.4. The van der Waals surface area contributed by atoms with E-state index in [1.165, 1.54) is 55.1 Å². The number of rotatable bonds is 6. The van der Waals surface area contributed by atoms with Gasteiger partial charge in [-0.2, -0.15) is 0 Å². The molecule has 0 aliphatic heterocycles. The first-order chi connectivity index (χ1) is 27.8. The number of para-hydroxylation sites is 3. The monoisotopic (exact) mass is 715 g/mol. The van der Waals surface area contributed by atoms with Crippen molar-refractivity contribution in [2.75, 3.05) is 0 Å².